The van der Waals surface area contributed by atoms with Gasteiger partial charge in [0.15, 0.2) is 11.6 Å². The van der Waals surface area contributed by atoms with Crippen molar-refractivity contribution < 1.29 is 13.5 Å². The van der Waals surface area contributed by atoms with Crippen molar-refractivity contribution in [3.8, 4) is 0 Å². The van der Waals surface area contributed by atoms with Gasteiger partial charge in [0, 0.05) is 25.2 Å². The van der Waals surface area contributed by atoms with Crippen molar-refractivity contribution in [1.82, 2.24) is 4.90 Å². The molecule has 3 unspecified atom stereocenters. The molecule has 1 aliphatic rings. The van der Waals surface area contributed by atoms with Gasteiger partial charge in [0.2, 0.25) is 0 Å². The lowest BCUT2D eigenvalue weighted by Crippen LogP contribution is -2.49. The Morgan fingerprint density at radius 1 is 1.37 bits per heavy atom. The summed E-state index contributed by atoms with van der Waals surface area (Å²) < 4.78 is 31.6. The first-order valence-corrected chi connectivity index (χ1v) is 6.53. The van der Waals surface area contributed by atoms with E-state index in [0.717, 1.165) is 12.6 Å². The maximum Gasteiger partial charge on any atom is 0.159 e. The van der Waals surface area contributed by atoms with E-state index in [0.29, 0.717) is 18.7 Å². The Labute approximate surface area is 112 Å². The molecule has 2 N–H and O–H groups in total. The second-order valence-corrected chi connectivity index (χ2v) is 5.23. The highest BCUT2D eigenvalue weighted by Crippen LogP contribution is 2.19. The summed E-state index contributed by atoms with van der Waals surface area (Å²) in [7, 11) is 0. The molecule has 0 saturated carbocycles. The van der Waals surface area contributed by atoms with Crippen LogP contribution in [0.4, 0.5) is 8.78 Å². The number of hydrogen-bond donors (Lipinski definition) is 1. The van der Waals surface area contributed by atoms with Gasteiger partial charge >= 0.3 is 0 Å². The van der Waals surface area contributed by atoms with Crippen LogP contribution in [-0.2, 0) is 4.74 Å². The number of benzene rings is 1. The van der Waals surface area contributed by atoms with Gasteiger partial charge in [0.1, 0.15) is 0 Å². The summed E-state index contributed by atoms with van der Waals surface area (Å²) >= 11 is 0. The van der Waals surface area contributed by atoms with Crippen LogP contribution in [-0.4, -0.2) is 36.7 Å². The molecular formula is C14H20F2N2O. The summed E-state index contributed by atoms with van der Waals surface area (Å²) in [5.74, 6) is -1.69. The minimum Gasteiger partial charge on any atom is -0.376 e. The van der Waals surface area contributed by atoms with E-state index < -0.39 is 11.6 Å². The Kier molecular flexibility index (Phi) is 4.50. The summed E-state index contributed by atoms with van der Waals surface area (Å²) in [5.41, 5.74) is 6.70. The largest absolute Gasteiger partial charge is 0.376 e. The Morgan fingerprint density at radius 2 is 2.11 bits per heavy atom. The summed E-state index contributed by atoms with van der Waals surface area (Å²) in [6.45, 7) is 6.18. The van der Waals surface area contributed by atoms with Crippen molar-refractivity contribution in [1.29, 1.82) is 0 Å². The lowest BCUT2D eigenvalue weighted by atomic mass is 10.1. The number of nitrogens with two attached hydrogens (primary N) is 1. The van der Waals surface area contributed by atoms with Gasteiger partial charge in [-0.2, -0.15) is 0 Å². The normalized spacial score (nSPS) is 26.4. The predicted octanol–water partition coefficient (Wildman–Crippen LogP) is 2.07. The van der Waals surface area contributed by atoms with Gasteiger partial charge in [-0.15, -0.1) is 0 Å². The molecule has 0 aliphatic carbocycles. The smallest absolute Gasteiger partial charge is 0.159 e. The highest BCUT2D eigenvalue weighted by atomic mass is 19.2. The monoisotopic (exact) mass is 270 g/mol. The minimum absolute atomic E-state index is 0.174. The zero-order chi connectivity index (χ0) is 14.0. The van der Waals surface area contributed by atoms with E-state index in [2.05, 4.69) is 11.8 Å². The number of rotatable bonds is 3. The van der Waals surface area contributed by atoms with Crippen molar-refractivity contribution in [3.63, 3.8) is 0 Å². The van der Waals surface area contributed by atoms with Crippen LogP contribution >= 0.6 is 0 Å². The molecule has 1 aromatic rings. The SMILES string of the molecule is CC1CN(CC(N)c2ccc(F)c(F)c2)C(C)CO1. The zero-order valence-corrected chi connectivity index (χ0v) is 11.3. The molecule has 0 aromatic heterocycles. The standard InChI is InChI=1S/C14H20F2N2O/c1-9-8-19-10(2)6-18(9)7-14(17)11-3-4-12(15)13(16)5-11/h3-5,9-10,14H,6-8,17H2,1-2H3. The highest BCUT2D eigenvalue weighted by molar-refractivity contribution is 5.21. The summed E-state index contributed by atoms with van der Waals surface area (Å²) in [6.07, 6.45) is 0.174. The minimum atomic E-state index is -0.851. The molecule has 106 valence electrons. The molecule has 5 heteroatoms. The summed E-state index contributed by atoms with van der Waals surface area (Å²) in [5, 5.41) is 0. The van der Waals surface area contributed by atoms with E-state index in [4.69, 9.17) is 10.5 Å². The van der Waals surface area contributed by atoms with E-state index in [-0.39, 0.29) is 18.2 Å². The molecule has 3 atom stereocenters. The average molecular weight is 270 g/mol. The highest BCUT2D eigenvalue weighted by Gasteiger charge is 2.25. The fourth-order valence-corrected chi connectivity index (χ4v) is 2.33. The molecule has 19 heavy (non-hydrogen) atoms. The van der Waals surface area contributed by atoms with E-state index in [1.54, 1.807) is 0 Å². The molecule has 1 fully saturated rings. The van der Waals surface area contributed by atoms with Crippen molar-refractivity contribution >= 4 is 0 Å². The number of hydrogen-bond acceptors (Lipinski definition) is 3. The molecular weight excluding hydrogens is 250 g/mol. The van der Waals surface area contributed by atoms with Crippen molar-refractivity contribution in [2.24, 2.45) is 5.73 Å². The maximum atomic E-state index is 13.2. The Hall–Kier alpha value is -1.04. The Balaban J connectivity index is 2.03. The summed E-state index contributed by atoms with van der Waals surface area (Å²) in [6, 6.07) is 3.79. The van der Waals surface area contributed by atoms with E-state index in [9.17, 15) is 8.78 Å². The zero-order valence-electron chi connectivity index (χ0n) is 11.3. The third kappa shape index (κ3) is 3.49. The maximum absolute atomic E-state index is 13.2. The number of morpholine rings is 1. The van der Waals surface area contributed by atoms with Gasteiger partial charge in [0.05, 0.1) is 12.7 Å². The van der Waals surface area contributed by atoms with Gasteiger partial charge in [-0.05, 0) is 31.5 Å². The first-order valence-electron chi connectivity index (χ1n) is 6.53. The Morgan fingerprint density at radius 3 is 2.79 bits per heavy atom. The lowest BCUT2D eigenvalue weighted by molar-refractivity contribution is -0.0510. The molecule has 1 heterocycles. The van der Waals surface area contributed by atoms with Crippen LogP contribution in [0.15, 0.2) is 18.2 Å². The van der Waals surface area contributed by atoms with Gasteiger partial charge in [-0.25, -0.2) is 8.78 Å². The molecule has 3 nitrogen and oxygen atoms in total. The van der Waals surface area contributed by atoms with Crippen LogP contribution < -0.4 is 5.73 Å². The van der Waals surface area contributed by atoms with Gasteiger partial charge in [0.25, 0.3) is 0 Å². The molecule has 1 aromatic carbocycles. The van der Waals surface area contributed by atoms with Gasteiger partial charge < -0.3 is 10.5 Å². The van der Waals surface area contributed by atoms with Crippen molar-refractivity contribution in [3.05, 3.63) is 35.4 Å². The van der Waals surface area contributed by atoms with Crippen molar-refractivity contribution in [2.45, 2.75) is 32.0 Å². The van der Waals surface area contributed by atoms with Gasteiger partial charge in [-0.3, -0.25) is 4.90 Å². The molecule has 1 aliphatic heterocycles. The van der Waals surface area contributed by atoms with Crippen LogP contribution in [0.1, 0.15) is 25.5 Å². The molecule has 1 saturated heterocycles. The van der Waals surface area contributed by atoms with E-state index in [1.165, 1.54) is 12.1 Å². The fourth-order valence-electron chi connectivity index (χ4n) is 2.33. The second-order valence-electron chi connectivity index (χ2n) is 5.23. The predicted molar refractivity (Wildman–Crippen MR) is 69.7 cm³/mol. The fraction of sp³-hybridized carbons (Fsp3) is 0.571. The molecule has 0 radical (unpaired) electrons. The summed E-state index contributed by atoms with van der Waals surface area (Å²) in [4.78, 5) is 2.22. The van der Waals surface area contributed by atoms with Crippen LogP contribution in [0, 0.1) is 11.6 Å². The van der Waals surface area contributed by atoms with Crippen LogP contribution in [0.3, 0.4) is 0 Å². The van der Waals surface area contributed by atoms with Crippen LogP contribution in [0.5, 0.6) is 0 Å². The molecule has 0 amide bonds. The van der Waals surface area contributed by atoms with Crippen molar-refractivity contribution in [2.75, 3.05) is 19.7 Å². The molecule has 2 rings (SSSR count). The second kappa shape index (κ2) is 5.94. The average Bonchev–Trinajstić information content (AvgIpc) is 2.37. The first-order chi connectivity index (χ1) is 8.97. The quantitative estimate of drug-likeness (QED) is 0.914. The third-order valence-corrected chi connectivity index (χ3v) is 3.54. The van der Waals surface area contributed by atoms with Crippen LogP contribution in [0.25, 0.3) is 0 Å². The number of halogens is 2. The van der Waals surface area contributed by atoms with E-state index in [1.807, 2.05) is 6.92 Å². The first kappa shape index (κ1) is 14.4. The topological polar surface area (TPSA) is 38.5 Å². The van der Waals surface area contributed by atoms with Gasteiger partial charge in [-0.1, -0.05) is 6.07 Å². The van der Waals surface area contributed by atoms with E-state index >= 15 is 0 Å². The number of ether oxygens (including phenoxy) is 1. The third-order valence-electron chi connectivity index (χ3n) is 3.54. The molecule has 0 spiro atoms. The molecule has 0 bridgehead atoms. The Bertz CT molecular complexity index is 441. The number of nitrogens with zero attached hydrogens (tertiary/aromatic N) is 1. The van der Waals surface area contributed by atoms with Crippen LogP contribution in [0.2, 0.25) is 0 Å². The lowest BCUT2D eigenvalue weighted by Gasteiger charge is -2.38.